The van der Waals surface area contributed by atoms with E-state index in [1.165, 1.54) is 0 Å². The molecule has 0 amide bonds. The maximum Gasteiger partial charge on any atom is 0.0991 e. The lowest BCUT2D eigenvalue weighted by Crippen LogP contribution is -2.30. The molecule has 2 N–H and O–H groups in total. The zero-order valence-electron chi connectivity index (χ0n) is 9.13. The summed E-state index contributed by atoms with van der Waals surface area (Å²) in [6.45, 7) is 8.50. The van der Waals surface area contributed by atoms with Crippen LogP contribution in [0.25, 0.3) is 0 Å². The van der Waals surface area contributed by atoms with Gasteiger partial charge in [0.2, 0.25) is 0 Å². The Morgan fingerprint density at radius 2 is 2.00 bits per heavy atom. The Hall–Kier alpha value is -0.380. The van der Waals surface area contributed by atoms with Gasteiger partial charge in [0.25, 0.3) is 0 Å². The summed E-state index contributed by atoms with van der Waals surface area (Å²) in [5.41, 5.74) is 5.66. The van der Waals surface area contributed by atoms with Crippen molar-refractivity contribution in [3.05, 3.63) is 0 Å². The van der Waals surface area contributed by atoms with Crippen molar-refractivity contribution in [2.45, 2.75) is 32.9 Å². The minimum Gasteiger partial charge on any atom is -0.387 e. The van der Waals surface area contributed by atoms with Crippen LogP contribution >= 0.6 is 0 Å². The molecule has 0 rings (SSSR count). The van der Waals surface area contributed by atoms with Gasteiger partial charge >= 0.3 is 0 Å². The molecule has 13 heavy (non-hydrogen) atoms. The Morgan fingerprint density at radius 3 is 2.31 bits per heavy atom. The van der Waals surface area contributed by atoms with Gasteiger partial charge < -0.3 is 5.73 Å². The SMILES string of the molecule is CC(CN=C(N)C(C)(C)C)S(C)=O. The van der Waals surface area contributed by atoms with Crippen LogP contribution in [0.15, 0.2) is 4.99 Å². The molecule has 2 unspecified atom stereocenters. The molecule has 0 radical (unpaired) electrons. The van der Waals surface area contributed by atoms with Crippen molar-refractivity contribution in [3.8, 4) is 0 Å². The number of aliphatic imine (C=N–C) groups is 1. The molecular formula is C9H20N2OS. The summed E-state index contributed by atoms with van der Waals surface area (Å²) in [5.74, 6) is 0.629. The van der Waals surface area contributed by atoms with Crippen molar-refractivity contribution in [2.24, 2.45) is 16.1 Å². The Kier molecular flexibility index (Phi) is 4.61. The minimum atomic E-state index is -0.816. The van der Waals surface area contributed by atoms with Gasteiger partial charge in [-0.25, -0.2) is 0 Å². The quantitative estimate of drug-likeness (QED) is 0.554. The average Bonchev–Trinajstić information content (AvgIpc) is 1.97. The zero-order valence-corrected chi connectivity index (χ0v) is 9.94. The average molecular weight is 204 g/mol. The van der Waals surface area contributed by atoms with Crippen molar-refractivity contribution in [1.82, 2.24) is 0 Å². The van der Waals surface area contributed by atoms with E-state index >= 15 is 0 Å². The van der Waals surface area contributed by atoms with Crippen LogP contribution in [-0.4, -0.2) is 28.1 Å². The topological polar surface area (TPSA) is 55.4 Å². The highest BCUT2D eigenvalue weighted by atomic mass is 32.2. The molecule has 0 fully saturated rings. The molecule has 0 aromatic heterocycles. The summed E-state index contributed by atoms with van der Waals surface area (Å²) in [6.07, 6.45) is 1.69. The van der Waals surface area contributed by atoms with Gasteiger partial charge in [0.05, 0.1) is 17.6 Å². The van der Waals surface area contributed by atoms with Crippen LogP contribution in [0.3, 0.4) is 0 Å². The molecule has 0 bridgehead atoms. The normalized spacial score (nSPS) is 18.4. The smallest absolute Gasteiger partial charge is 0.0991 e. The van der Waals surface area contributed by atoms with Crippen molar-refractivity contribution in [3.63, 3.8) is 0 Å². The summed E-state index contributed by atoms with van der Waals surface area (Å²) < 4.78 is 11.0. The summed E-state index contributed by atoms with van der Waals surface area (Å²) in [7, 11) is -0.816. The third kappa shape index (κ3) is 5.03. The van der Waals surface area contributed by atoms with Crippen LogP contribution < -0.4 is 5.73 Å². The summed E-state index contributed by atoms with van der Waals surface area (Å²) >= 11 is 0. The molecule has 3 nitrogen and oxygen atoms in total. The standard InChI is InChI=1S/C9H20N2OS/c1-7(13(5)12)6-11-8(10)9(2,3)4/h7H,6H2,1-5H3,(H2,10,11). The molecule has 2 atom stereocenters. The second kappa shape index (κ2) is 4.74. The molecule has 0 saturated heterocycles. The maximum absolute atomic E-state index is 11.0. The summed E-state index contributed by atoms with van der Waals surface area (Å²) in [4.78, 5) is 4.22. The first-order valence-electron chi connectivity index (χ1n) is 4.37. The van der Waals surface area contributed by atoms with Gasteiger partial charge in [-0.3, -0.25) is 9.20 Å². The lowest BCUT2D eigenvalue weighted by atomic mass is 9.95. The Morgan fingerprint density at radius 1 is 1.54 bits per heavy atom. The van der Waals surface area contributed by atoms with Crippen LogP contribution in [-0.2, 0) is 10.8 Å². The number of amidine groups is 1. The summed E-state index contributed by atoms with van der Waals surface area (Å²) in [5, 5.41) is 0.0842. The van der Waals surface area contributed by atoms with Crippen molar-refractivity contribution >= 4 is 16.6 Å². The molecule has 0 heterocycles. The highest BCUT2D eigenvalue weighted by molar-refractivity contribution is 7.84. The number of hydrogen-bond donors (Lipinski definition) is 1. The van der Waals surface area contributed by atoms with Crippen LogP contribution in [0.1, 0.15) is 27.7 Å². The van der Waals surface area contributed by atoms with Gasteiger partial charge in [0.15, 0.2) is 0 Å². The zero-order chi connectivity index (χ0) is 10.6. The predicted molar refractivity (Wildman–Crippen MR) is 59.5 cm³/mol. The van der Waals surface area contributed by atoms with Crippen LogP contribution in [0.5, 0.6) is 0 Å². The molecule has 0 aliphatic rings. The van der Waals surface area contributed by atoms with E-state index in [0.717, 1.165) is 0 Å². The van der Waals surface area contributed by atoms with E-state index in [1.807, 2.05) is 27.7 Å². The van der Waals surface area contributed by atoms with Gasteiger partial charge in [0.1, 0.15) is 0 Å². The Labute approximate surface area is 83.3 Å². The van der Waals surface area contributed by atoms with E-state index in [4.69, 9.17) is 5.73 Å². The van der Waals surface area contributed by atoms with Gasteiger partial charge in [0, 0.05) is 22.5 Å². The van der Waals surface area contributed by atoms with Gasteiger partial charge in [-0.15, -0.1) is 0 Å². The molecule has 0 aromatic carbocycles. The van der Waals surface area contributed by atoms with Crippen LogP contribution in [0.2, 0.25) is 0 Å². The van der Waals surface area contributed by atoms with Gasteiger partial charge in [-0.2, -0.15) is 0 Å². The van der Waals surface area contributed by atoms with E-state index in [9.17, 15) is 4.21 Å². The first kappa shape index (κ1) is 12.6. The molecule has 0 aliphatic carbocycles. The molecule has 0 aliphatic heterocycles. The molecule has 0 spiro atoms. The van der Waals surface area contributed by atoms with Crippen LogP contribution in [0.4, 0.5) is 0 Å². The molecule has 78 valence electrons. The third-order valence-corrected chi connectivity index (χ3v) is 3.14. The van der Waals surface area contributed by atoms with E-state index in [-0.39, 0.29) is 10.7 Å². The van der Waals surface area contributed by atoms with E-state index < -0.39 is 10.8 Å². The lowest BCUT2D eigenvalue weighted by molar-refractivity contribution is 0.581. The van der Waals surface area contributed by atoms with Crippen molar-refractivity contribution in [2.75, 3.05) is 12.8 Å². The first-order chi connectivity index (χ1) is 5.75. The Balaban J connectivity index is 4.20. The fourth-order valence-corrected chi connectivity index (χ4v) is 0.854. The number of hydrogen-bond acceptors (Lipinski definition) is 2. The van der Waals surface area contributed by atoms with E-state index in [1.54, 1.807) is 6.26 Å². The predicted octanol–water partition coefficient (Wildman–Crippen LogP) is 1.16. The van der Waals surface area contributed by atoms with Crippen molar-refractivity contribution < 1.29 is 4.21 Å². The second-order valence-electron chi connectivity index (χ2n) is 4.29. The highest BCUT2D eigenvalue weighted by Gasteiger charge is 2.15. The van der Waals surface area contributed by atoms with Gasteiger partial charge in [-0.05, 0) is 6.92 Å². The van der Waals surface area contributed by atoms with E-state index in [2.05, 4.69) is 4.99 Å². The largest absolute Gasteiger partial charge is 0.387 e. The summed E-state index contributed by atoms with van der Waals surface area (Å²) in [6, 6.07) is 0. The number of nitrogens with zero attached hydrogens (tertiary/aromatic N) is 1. The number of nitrogens with two attached hydrogens (primary N) is 1. The minimum absolute atomic E-state index is 0.0842. The van der Waals surface area contributed by atoms with Crippen molar-refractivity contribution in [1.29, 1.82) is 0 Å². The highest BCUT2D eigenvalue weighted by Crippen LogP contribution is 2.12. The monoisotopic (exact) mass is 204 g/mol. The fourth-order valence-electron chi connectivity index (χ4n) is 0.569. The molecular weight excluding hydrogens is 184 g/mol. The fraction of sp³-hybridized carbons (Fsp3) is 0.889. The van der Waals surface area contributed by atoms with E-state index in [0.29, 0.717) is 12.4 Å². The second-order valence-corrected chi connectivity index (χ2v) is 6.09. The lowest BCUT2D eigenvalue weighted by Gasteiger charge is -2.18. The third-order valence-electron chi connectivity index (χ3n) is 1.85. The van der Waals surface area contributed by atoms with Crippen LogP contribution in [0, 0.1) is 5.41 Å². The molecule has 0 aromatic rings. The van der Waals surface area contributed by atoms with Gasteiger partial charge in [-0.1, -0.05) is 20.8 Å². The maximum atomic E-state index is 11.0. The molecule has 0 saturated carbocycles. The molecule has 4 heteroatoms. The number of rotatable bonds is 3. The Bertz CT molecular complexity index is 218. The first-order valence-corrected chi connectivity index (χ1v) is 6.00.